The number of rotatable bonds is 5. The molecular weight excluding hydrogens is 345 g/mol. The molecule has 2 atom stereocenters. The van der Waals surface area contributed by atoms with E-state index in [0.29, 0.717) is 11.3 Å². The van der Waals surface area contributed by atoms with E-state index in [0.717, 1.165) is 13.0 Å². The molecule has 1 fully saturated rings. The van der Waals surface area contributed by atoms with E-state index in [2.05, 4.69) is 10.3 Å². The number of piperidine rings is 1. The molecule has 6 nitrogen and oxygen atoms in total. The zero-order valence-electron chi connectivity index (χ0n) is 13.9. The number of thioether (sulfide) groups is 1. The minimum atomic E-state index is -0.545. The Bertz CT molecular complexity index is 855. The molecule has 134 valence electrons. The monoisotopic (exact) mass is 365 g/mol. The second-order valence-electron chi connectivity index (χ2n) is 6.19. The minimum Gasteiger partial charge on any atom is -0.391 e. The third-order valence-electron chi connectivity index (χ3n) is 4.44. The summed E-state index contributed by atoms with van der Waals surface area (Å²) in [7, 11) is 0. The summed E-state index contributed by atoms with van der Waals surface area (Å²) in [6.07, 6.45) is 4.16. The van der Waals surface area contributed by atoms with Crippen LogP contribution in [0.3, 0.4) is 0 Å². The number of nitrogens with zero attached hydrogens (tertiary/aromatic N) is 2. The molecule has 8 heteroatoms. The second kappa shape index (κ2) is 7.63. The van der Waals surface area contributed by atoms with Gasteiger partial charge >= 0.3 is 0 Å². The van der Waals surface area contributed by atoms with Crippen LogP contribution in [0.4, 0.5) is 4.39 Å². The number of nitrogens with one attached hydrogen (secondary N) is 1. The number of aromatic nitrogens is 2. The van der Waals surface area contributed by atoms with Gasteiger partial charge in [0.25, 0.3) is 5.56 Å². The van der Waals surface area contributed by atoms with Crippen LogP contribution in [0.15, 0.2) is 28.2 Å². The van der Waals surface area contributed by atoms with Gasteiger partial charge in [-0.15, -0.1) is 11.8 Å². The molecule has 0 spiro atoms. The Kier molecular flexibility index (Phi) is 5.51. The van der Waals surface area contributed by atoms with Crippen LogP contribution in [0.5, 0.6) is 0 Å². The van der Waals surface area contributed by atoms with E-state index in [1.807, 2.05) is 0 Å². The topological polar surface area (TPSA) is 84.2 Å². The number of Topliss-reactive ketones (excluding diaryl/α,β-unsaturated/α-hetero) is 1. The molecule has 1 aliphatic heterocycles. The van der Waals surface area contributed by atoms with Crippen molar-refractivity contribution >= 4 is 28.4 Å². The van der Waals surface area contributed by atoms with E-state index >= 15 is 0 Å². The molecule has 0 amide bonds. The highest BCUT2D eigenvalue weighted by molar-refractivity contribution is 7.98. The Hall–Kier alpha value is -1.77. The molecule has 0 bridgehead atoms. The number of benzene rings is 1. The lowest BCUT2D eigenvalue weighted by Crippen LogP contribution is -2.46. The van der Waals surface area contributed by atoms with Gasteiger partial charge in [-0.3, -0.25) is 14.2 Å². The van der Waals surface area contributed by atoms with Gasteiger partial charge in [0.2, 0.25) is 0 Å². The van der Waals surface area contributed by atoms with Crippen molar-refractivity contribution in [2.24, 2.45) is 0 Å². The standard InChI is InChI=1S/C17H20FN3O3S/c1-25-16-6-11-13(7-12(16)18)20-9-21(17(11)24)8-10(22)5-14-15(23)3-2-4-19-14/h6-7,9,14-15,19,23H,2-5,8H2,1H3/t14-,15+/m1/s1. The van der Waals surface area contributed by atoms with Crippen molar-refractivity contribution < 1.29 is 14.3 Å². The minimum absolute atomic E-state index is 0.112. The first-order valence-electron chi connectivity index (χ1n) is 8.15. The number of aliphatic hydroxyl groups is 1. The lowest BCUT2D eigenvalue weighted by Gasteiger charge is -2.28. The van der Waals surface area contributed by atoms with Crippen LogP contribution >= 0.6 is 11.8 Å². The number of carbonyl (C=O) groups is 1. The highest BCUT2D eigenvalue weighted by Gasteiger charge is 2.25. The Morgan fingerprint density at radius 3 is 3.04 bits per heavy atom. The quantitative estimate of drug-likeness (QED) is 0.778. The average Bonchev–Trinajstić information content (AvgIpc) is 2.59. The lowest BCUT2D eigenvalue weighted by atomic mass is 9.97. The Morgan fingerprint density at radius 1 is 1.52 bits per heavy atom. The van der Waals surface area contributed by atoms with Crippen molar-refractivity contribution in [3.63, 3.8) is 0 Å². The average molecular weight is 365 g/mol. The van der Waals surface area contributed by atoms with Crippen molar-refractivity contribution in [3.8, 4) is 0 Å². The summed E-state index contributed by atoms with van der Waals surface area (Å²) >= 11 is 1.21. The van der Waals surface area contributed by atoms with E-state index in [1.165, 1.54) is 34.8 Å². The highest BCUT2D eigenvalue weighted by Crippen LogP contribution is 2.22. The van der Waals surface area contributed by atoms with Gasteiger partial charge in [0.15, 0.2) is 5.78 Å². The third-order valence-corrected chi connectivity index (χ3v) is 5.19. The van der Waals surface area contributed by atoms with Crippen LogP contribution in [0.1, 0.15) is 19.3 Å². The predicted octanol–water partition coefficient (Wildman–Crippen LogP) is 1.33. The van der Waals surface area contributed by atoms with E-state index in [4.69, 9.17) is 0 Å². The molecule has 0 saturated carbocycles. The molecule has 1 aliphatic rings. The SMILES string of the molecule is CSc1cc2c(=O)n(CC(=O)C[C@H]3NCCC[C@@H]3O)cnc2cc1F. The maximum Gasteiger partial charge on any atom is 0.261 e. The van der Waals surface area contributed by atoms with Crippen molar-refractivity contribution in [1.82, 2.24) is 14.9 Å². The zero-order valence-corrected chi connectivity index (χ0v) is 14.7. The first-order chi connectivity index (χ1) is 12.0. The molecule has 0 unspecified atom stereocenters. The van der Waals surface area contributed by atoms with E-state index in [-0.39, 0.29) is 41.3 Å². The highest BCUT2D eigenvalue weighted by atomic mass is 32.2. The fourth-order valence-corrected chi connectivity index (χ4v) is 3.56. The number of aliphatic hydroxyl groups excluding tert-OH is 1. The molecule has 2 N–H and O–H groups in total. The largest absolute Gasteiger partial charge is 0.391 e. The van der Waals surface area contributed by atoms with Gasteiger partial charge in [0.05, 0.1) is 29.9 Å². The number of fused-ring (bicyclic) bond motifs is 1. The van der Waals surface area contributed by atoms with Crippen LogP contribution in [0, 0.1) is 5.82 Å². The molecule has 1 aromatic heterocycles. The zero-order chi connectivity index (χ0) is 18.0. The smallest absolute Gasteiger partial charge is 0.261 e. The van der Waals surface area contributed by atoms with E-state index in [1.54, 1.807) is 6.26 Å². The fraction of sp³-hybridized carbons (Fsp3) is 0.471. The number of hydrogen-bond acceptors (Lipinski definition) is 6. The van der Waals surface area contributed by atoms with Gasteiger partial charge in [-0.1, -0.05) is 0 Å². The van der Waals surface area contributed by atoms with Gasteiger partial charge in [-0.2, -0.15) is 0 Å². The van der Waals surface area contributed by atoms with Crippen molar-refractivity contribution in [2.45, 2.75) is 42.8 Å². The summed E-state index contributed by atoms with van der Waals surface area (Å²) < 4.78 is 15.0. The summed E-state index contributed by atoms with van der Waals surface area (Å²) in [6.45, 7) is 0.661. The molecule has 2 aromatic rings. The third kappa shape index (κ3) is 3.91. The first kappa shape index (κ1) is 18.0. The Labute approximate surface area is 148 Å². The fourth-order valence-electron chi connectivity index (χ4n) is 3.07. The lowest BCUT2D eigenvalue weighted by molar-refractivity contribution is -0.121. The predicted molar refractivity (Wildman–Crippen MR) is 94.4 cm³/mol. The summed E-state index contributed by atoms with van der Waals surface area (Å²) in [5.74, 6) is -0.577. The van der Waals surface area contributed by atoms with Gasteiger partial charge < -0.3 is 10.4 Å². The summed E-state index contributed by atoms with van der Waals surface area (Å²) in [5.41, 5.74) is -0.0980. The van der Waals surface area contributed by atoms with Crippen molar-refractivity contribution in [2.75, 3.05) is 12.8 Å². The second-order valence-corrected chi connectivity index (χ2v) is 7.04. The van der Waals surface area contributed by atoms with E-state index in [9.17, 15) is 19.1 Å². The molecule has 1 aromatic carbocycles. The van der Waals surface area contributed by atoms with Crippen LogP contribution in [0.2, 0.25) is 0 Å². The summed E-state index contributed by atoms with van der Waals surface area (Å²) in [4.78, 5) is 29.3. The molecule has 25 heavy (non-hydrogen) atoms. The molecule has 2 heterocycles. The van der Waals surface area contributed by atoms with Crippen LogP contribution in [0.25, 0.3) is 10.9 Å². The number of halogens is 1. The summed E-state index contributed by atoms with van der Waals surface area (Å²) in [6, 6.07) is 2.43. The molecule has 0 aliphatic carbocycles. The van der Waals surface area contributed by atoms with Crippen LogP contribution in [-0.4, -0.2) is 45.4 Å². The van der Waals surface area contributed by atoms with Gasteiger partial charge in [-0.05, 0) is 31.7 Å². The summed E-state index contributed by atoms with van der Waals surface area (Å²) in [5, 5.41) is 13.4. The molecular formula is C17H20FN3O3S. The molecule has 1 saturated heterocycles. The molecule has 3 rings (SSSR count). The van der Waals surface area contributed by atoms with Crippen LogP contribution in [-0.2, 0) is 11.3 Å². The van der Waals surface area contributed by atoms with Gasteiger partial charge in [0, 0.05) is 23.4 Å². The normalized spacial score (nSPS) is 20.8. The van der Waals surface area contributed by atoms with Gasteiger partial charge in [0.1, 0.15) is 5.82 Å². The first-order valence-corrected chi connectivity index (χ1v) is 9.38. The van der Waals surface area contributed by atoms with E-state index < -0.39 is 11.9 Å². The van der Waals surface area contributed by atoms with Crippen LogP contribution < -0.4 is 10.9 Å². The maximum absolute atomic E-state index is 13.8. The number of ketones is 1. The maximum atomic E-state index is 13.8. The number of carbonyl (C=O) groups excluding carboxylic acids is 1. The Balaban J connectivity index is 1.81. The van der Waals surface area contributed by atoms with Crippen molar-refractivity contribution in [3.05, 3.63) is 34.6 Å². The molecule has 0 radical (unpaired) electrons. The van der Waals surface area contributed by atoms with Crippen molar-refractivity contribution in [1.29, 1.82) is 0 Å². The van der Waals surface area contributed by atoms with Gasteiger partial charge in [-0.25, -0.2) is 9.37 Å². The Morgan fingerprint density at radius 2 is 2.32 bits per heavy atom. The number of hydrogen-bond donors (Lipinski definition) is 2.